The van der Waals surface area contributed by atoms with Crippen molar-refractivity contribution in [1.29, 1.82) is 0 Å². The van der Waals surface area contributed by atoms with E-state index in [4.69, 9.17) is 5.73 Å². The summed E-state index contributed by atoms with van der Waals surface area (Å²) in [4.78, 5) is 0. The fourth-order valence-electron chi connectivity index (χ4n) is 3.00. The quantitative estimate of drug-likeness (QED) is 0.923. The third-order valence-electron chi connectivity index (χ3n) is 4.19. The van der Waals surface area contributed by atoms with E-state index in [1.807, 2.05) is 6.07 Å². The van der Waals surface area contributed by atoms with Crippen LogP contribution in [0.4, 0.5) is 0 Å². The number of hydrogen-bond acceptors (Lipinski definition) is 3. The van der Waals surface area contributed by atoms with E-state index in [1.165, 1.54) is 16.7 Å². The lowest BCUT2D eigenvalue weighted by molar-refractivity contribution is 0.494. The molecule has 0 bridgehead atoms. The maximum Gasteiger partial charge on any atom is 0.154 e. The van der Waals surface area contributed by atoms with Crippen LogP contribution in [0.5, 0.6) is 0 Å². The predicted molar refractivity (Wildman–Crippen MR) is 79.0 cm³/mol. The summed E-state index contributed by atoms with van der Waals surface area (Å²) in [6, 6.07) is 5.86. The highest BCUT2D eigenvalue weighted by Crippen LogP contribution is 2.24. The van der Waals surface area contributed by atoms with Gasteiger partial charge in [0.2, 0.25) is 0 Å². The van der Waals surface area contributed by atoms with Gasteiger partial charge in [-0.15, -0.1) is 0 Å². The van der Waals surface area contributed by atoms with Gasteiger partial charge in [-0.25, -0.2) is 8.42 Å². The maximum absolute atomic E-state index is 12.1. The molecule has 3 nitrogen and oxygen atoms in total. The molecule has 0 saturated carbocycles. The smallest absolute Gasteiger partial charge is 0.154 e. The second kappa shape index (κ2) is 5.63. The molecule has 0 radical (unpaired) electrons. The molecule has 2 N–H and O–H groups in total. The first-order valence-corrected chi connectivity index (χ1v) is 8.65. The van der Waals surface area contributed by atoms with Crippen LogP contribution < -0.4 is 5.73 Å². The molecule has 19 heavy (non-hydrogen) atoms. The van der Waals surface area contributed by atoms with Gasteiger partial charge < -0.3 is 5.73 Å². The molecular weight excluding hydrogens is 258 g/mol. The second-order valence-electron chi connectivity index (χ2n) is 5.64. The molecule has 0 aliphatic carbocycles. The molecule has 2 atom stereocenters. The summed E-state index contributed by atoms with van der Waals surface area (Å²) < 4.78 is 24.2. The van der Waals surface area contributed by atoms with Crippen molar-refractivity contribution in [3.8, 4) is 0 Å². The molecule has 0 amide bonds. The first-order valence-electron chi connectivity index (χ1n) is 6.94. The van der Waals surface area contributed by atoms with Gasteiger partial charge in [-0.2, -0.15) is 0 Å². The zero-order chi connectivity index (χ0) is 14.0. The van der Waals surface area contributed by atoms with Crippen LogP contribution in [0.3, 0.4) is 0 Å². The Balaban J connectivity index is 2.19. The standard InChI is InChI=1S/C15H23NO2S/c1-11-6-5-7-12(2)13(11)10-14(16)15-8-3-4-9-19(15,17)18/h5-7,14-15H,3-4,8-10,16H2,1-2H3. The molecule has 2 unspecified atom stereocenters. The SMILES string of the molecule is Cc1cccc(C)c1CC(N)C1CCCCS1(=O)=O. The molecule has 1 aromatic rings. The Morgan fingerprint density at radius 3 is 2.47 bits per heavy atom. The third kappa shape index (κ3) is 3.18. The van der Waals surface area contributed by atoms with E-state index in [2.05, 4.69) is 26.0 Å². The van der Waals surface area contributed by atoms with Crippen molar-refractivity contribution in [3.63, 3.8) is 0 Å². The average molecular weight is 281 g/mol. The average Bonchev–Trinajstić information content (AvgIpc) is 2.33. The molecule has 2 rings (SSSR count). The number of sulfone groups is 1. The summed E-state index contributed by atoms with van der Waals surface area (Å²) >= 11 is 0. The van der Waals surface area contributed by atoms with Crippen molar-refractivity contribution in [3.05, 3.63) is 34.9 Å². The Morgan fingerprint density at radius 2 is 1.89 bits per heavy atom. The molecule has 1 aromatic carbocycles. The zero-order valence-electron chi connectivity index (χ0n) is 11.7. The van der Waals surface area contributed by atoms with Gasteiger partial charge in [-0.3, -0.25) is 0 Å². The van der Waals surface area contributed by atoms with Crippen molar-refractivity contribution in [2.24, 2.45) is 5.73 Å². The maximum atomic E-state index is 12.1. The van der Waals surface area contributed by atoms with E-state index in [-0.39, 0.29) is 11.3 Å². The summed E-state index contributed by atoms with van der Waals surface area (Å²) in [6.07, 6.45) is 3.14. The normalized spacial score (nSPS) is 24.1. The molecule has 1 saturated heterocycles. The van der Waals surface area contributed by atoms with Gasteiger partial charge in [0.1, 0.15) is 0 Å². The van der Waals surface area contributed by atoms with Crippen molar-refractivity contribution >= 4 is 9.84 Å². The Bertz CT molecular complexity index is 531. The van der Waals surface area contributed by atoms with E-state index >= 15 is 0 Å². The van der Waals surface area contributed by atoms with E-state index in [0.29, 0.717) is 18.6 Å². The van der Waals surface area contributed by atoms with Crippen LogP contribution >= 0.6 is 0 Å². The fourth-order valence-corrected chi connectivity index (χ4v) is 5.06. The van der Waals surface area contributed by atoms with Crippen LogP contribution in [0, 0.1) is 13.8 Å². The molecule has 106 valence electrons. The van der Waals surface area contributed by atoms with Crippen LogP contribution in [0.15, 0.2) is 18.2 Å². The Morgan fingerprint density at radius 1 is 1.26 bits per heavy atom. The van der Waals surface area contributed by atoms with Gasteiger partial charge in [0.25, 0.3) is 0 Å². The largest absolute Gasteiger partial charge is 0.326 e. The molecular formula is C15H23NO2S. The Kier molecular flexibility index (Phi) is 4.31. The number of rotatable bonds is 3. The number of nitrogens with two attached hydrogens (primary N) is 1. The monoisotopic (exact) mass is 281 g/mol. The van der Waals surface area contributed by atoms with E-state index in [0.717, 1.165) is 12.8 Å². The van der Waals surface area contributed by atoms with Crippen LogP contribution in [-0.2, 0) is 16.3 Å². The first kappa shape index (κ1) is 14.5. The van der Waals surface area contributed by atoms with E-state index in [1.54, 1.807) is 0 Å². The molecule has 0 spiro atoms. The number of hydrogen-bond donors (Lipinski definition) is 1. The summed E-state index contributed by atoms with van der Waals surface area (Å²) in [6.45, 7) is 4.12. The lowest BCUT2D eigenvalue weighted by Gasteiger charge is -2.28. The predicted octanol–water partition coefficient (Wildman–Crippen LogP) is 2.14. The summed E-state index contributed by atoms with van der Waals surface area (Å²) in [5.41, 5.74) is 9.81. The fraction of sp³-hybridized carbons (Fsp3) is 0.600. The minimum Gasteiger partial charge on any atom is -0.326 e. The van der Waals surface area contributed by atoms with E-state index < -0.39 is 9.84 Å². The highest BCUT2D eigenvalue weighted by Gasteiger charge is 2.33. The van der Waals surface area contributed by atoms with E-state index in [9.17, 15) is 8.42 Å². The lowest BCUT2D eigenvalue weighted by atomic mass is 9.94. The number of aryl methyl sites for hydroxylation is 2. The molecule has 1 aliphatic heterocycles. The van der Waals surface area contributed by atoms with Crippen LogP contribution in [-0.4, -0.2) is 25.5 Å². The molecule has 4 heteroatoms. The van der Waals surface area contributed by atoms with Gasteiger partial charge >= 0.3 is 0 Å². The Labute approximate surface area is 116 Å². The van der Waals surface area contributed by atoms with Crippen LogP contribution in [0.2, 0.25) is 0 Å². The van der Waals surface area contributed by atoms with Gasteiger partial charge in [-0.05, 0) is 49.8 Å². The summed E-state index contributed by atoms with van der Waals surface area (Å²) in [5.74, 6) is 0.304. The van der Waals surface area contributed by atoms with Crippen molar-refractivity contribution in [1.82, 2.24) is 0 Å². The minimum absolute atomic E-state index is 0.287. The van der Waals surface area contributed by atoms with Crippen LogP contribution in [0.25, 0.3) is 0 Å². The van der Waals surface area contributed by atoms with Gasteiger partial charge in [0.05, 0.1) is 11.0 Å². The van der Waals surface area contributed by atoms with Crippen molar-refractivity contribution < 1.29 is 8.42 Å². The topological polar surface area (TPSA) is 60.2 Å². The third-order valence-corrected chi connectivity index (χ3v) is 6.56. The minimum atomic E-state index is -2.99. The van der Waals surface area contributed by atoms with Crippen LogP contribution in [0.1, 0.15) is 36.0 Å². The summed E-state index contributed by atoms with van der Waals surface area (Å²) in [7, 11) is -2.99. The summed E-state index contributed by atoms with van der Waals surface area (Å²) in [5, 5.41) is -0.361. The molecule has 0 aromatic heterocycles. The second-order valence-corrected chi connectivity index (χ2v) is 7.98. The lowest BCUT2D eigenvalue weighted by Crippen LogP contribution is -2.45. The van der Waals surface area contributed by atoms with Crippen molar-refractivity contribution in [2.75, 3.05) is 5.75 Å². The highest BCUT2D eigenvalue weighted by atomic mass is 32.2. The van der Waals surface area contributed by atoms with Gasteiger partial charge in [0, 0.05) is 6.04 Å². The number of benzene rings is 1. The Hall–Kier alpha value is -0.870. The highest BCUT2D eigenvalue weighted by molar-refractivity contribution is 7.92. The van der Waals surface area contributed by atoms with Gasteiger partial charge in [0.15, 0.2) is 9.84 Å². The molecule has 1 aliphatic rings. The van der Waals surface area contributed by atoms with Crippen molar-refractivity contribution in [2.45, 2.75) is 50.8 Å². The molecule has 1 heterocycles. The zero-order valence-corrected chi connectivity index (χ0v) is 12.5. The molecule has 1 fully saturated rings. The van der Waals surface area contributed by atoms with Gasteiger partial charge in [-0.1, -0.05) is 24.6 Å². The first-order chi connectivity index (χ1) is 8.92.